The molecule has 0 N–H and O–H groups in total. The van der Waals surface area contributed by atoms with Crippen LogP contribution in [0, 0.1) is 20.8 Å². The number of aryl methyl sites for hydroxylation is 1. The Morgan fingerprint density at radius 1 is 1.02 bits per heavy atom. The van der Waals surface area contributed by atoms with Crippen LogP contribution in [-0.4, -0.2) is 87.6 Å². The molecule has 0 saturated heterocycles. The van der Waals surface area contributed by atoms with Crippen molar-refractivity contribution in [3.05, 3.63) is 82.2 Å². The molecule has 0 bridgehead atoms. The van der Waals surface area contributed by atoms with Gasteiger partial charge in [0.25, 0.3) is 0 Å². The molecular weight excluding hydrogens is 564 g/mol. The highest BCUT2D eigenvalue weighted by atomic mass is 32.2. The minimum absolute atomic E-state index is 0.0715. The highest BCUT2D eigenvalue weighted by Crippen LogP contribution is 2.39. The number of nitrogens with zero attached hydrogens (tertiary/aromatic N) is 4. The Morgan fingerprint density at radius 2 is 1.72 bits per heavy atom. The van der Waals surface area contributed by atoms with Gasteiger partial charge in [-0.05, 0) is 75.3 Å². The zero-order valence-corrected chi connectivity index (χ0v) is 27.6. The number of hydrogen-bond donors (Lipinski definition) is 0. The summed E-state index contributed by atoms with van der Waals surface area (Å²) in [5.74, 6) is 0.666. The Balaban J connectivity index is 1.45. The molecule has 1 aliphatic heterocycles. The molecule has 2 heterocycles. The number of sulfonamides is 1. The second-order valence-electron chi connectivity index (χ2n) is 11.7. The van der Waals surface area contributed by atoms with Crippen molar-refractivity contribution in [3.8, 4) is 5.75 Å². The summed E-state index contributed by atoms with van der Waals surface area (Å²) in [6.45, 7) is 9.90. The number of aromatic nitrogens is 1. The van der Waals surface area contributed by atoms with E-state index in [4.69, 9.17) is 9.47 Å². The molecule has 0 spiro atoms. The number of hydrogen-bond acceptors (Lipinski definition) is 6. The van der Waals surface area contributed by atoms with E-state index in [1.807, 2.05) is 36.9 Å². The van der Waals surface area contributed by atoms with E-state index in [9.17, 15) is 13.2 Å². The molecule has 3 aromatic rings. The summed E-state index contributed by atoms with van der Waals surface area (Å²) in [6.07, 6.45) is 0. The van der Waals surface area contributed by atoms with E-state index >= 15 is 0 Å². The normalized spacial score (nSPS) is 16.0. The third-order valence-corrected chi connectivity index (χ3v) is 10.5. The monoisotopic (exact) mass is 610 g/mol. The van der Waals surface area contributed by atoms with Gasteiger partial charge in [0.15, 0.2) is 0 Å². The van der Waals surface area contributed by atoms with Gasteiger partial charge in [-0.25, -0.2) is 8.42 Å². The van der Waals surface area contributed by atoms with Crippen LogP contribution >= 0.6 is 0 Å². The van der Waals surface area contributed by atoms with Gasteiger partial charge in [-0.2, -0.15) is 4.31 Å². The van der Waals surface area contributed by atoms with Crippen LogP contribution in [0.3, 0.4) is 0 Å². The van der Waals surface area contributed by atoms with Crippen molar-refractivity contribution in [2.45, 2.75) is 57.6 Å². The minimum Gasteiger partial charge on any atom is -0.496 e. The SMILES string of the molecule is COc1c(C)cc(S(=O)(=O)N(C)CCOCC(=O)N2CCn3c(CN(C)C)ccc3C2C(C)c2ccccc2)c(C)c1C. The maximum Gasteiger partial charge on any atom is 0.249 e. The third kappa shape index (κ3) is 6.82. The Labute approximate surface area is 257 Å². The summed E-state index contributed by atoms with van der Waals surface area (Å²) in [7, 11) is 3.49. The van der Waals surface area contributed by atoms with Gasteiger partial charge < -0.3 is 23.8 Å². The number of carbonyl (C=O) groups is 1. The third-order valence-electron chi connectivity index (χ3n) is 8.55. The van der Waals surface area contributed by atoms with Gasteiger partial charge in [-0.15, -0.1) is 0 Å². The predicted octanol–water partition coefficient (Wildman–Crippen LogP) is 4.51. The zero-order valence-electron chi connectivity index (χ0n) is 26.8. The fourth-order valence-corrected chi connectivity index (χ4v) is 7.61. The lowest BCUT2D eigenvalue weighted by Crippen LogP contribution is -2.46. The van der Waals surface area contributed by atoms with Crippen molar-refractivity contribution < 1.29 is 22.7 Å². The molecule has 0 radical (unpaired) electrons. The average molecular weight is 611 g/mol. The highest BCUT2D eigenvalue weighted by Gasteiger charge is 2.36. The van der Waals surface area contributed by atoms with E-state index in [0.717, 1.165) is 29.9 Å². The average Bonchev–Trinajstić information content (AvgIpc) is 3.38. The summed E-state index contributed by atoms with van der Waals surface area (Å²) in [4.78, 5) is 18.0. The van der Waals surface area contributed by atoms with Gasteiger partial charge in [0.1, 0.15) is 12.4 Å². The molecular formula is C33H46N4O5S. The number of likely N-dealkylation sites (N-methyl/N-ethyl adjacent to an activating group) is 1. The first-order valence-electron chi connectivity index (χ1n) is 14.7. The molecule has 0 fully saturated rings. The van der Waals surface area contributed by atoms with Crippen LogP contribution in [-0.2, 0) is 32.6 Å². The first-order valence-corrected chi connectivity index (χ1v) is 16.2. The van der Waals surface area contributed by atoms with E-state index < -0.39 is 10.0 Å². The summed E-state index contributed by atoms with van der Waals surface area (Å²) in [5, 5.41) is 0. The van der Waals surface area contributed by atoms with Crippen molar-refractivity contribution in [3.63, 3.8) is 0 Å². The second kappa shape index (κ2) is 13.6. The van der Waals surface area contributed by atoms with E-state index in [1.165, 1.54) is 22.6 Å². The lowest BCUT2D eigenvalue weighted by Gasteiger charge is -2.41. The predicted molar refractivity (Wildman–Crippen MR) is 169 cm³/mol. The van der Waals surface area contributed by atoms with Crippen LogP contribution in [0.15, 0.2) is 53.4 Å². The first-order chi connectivity index (χ1) is 20.4. The topological polar surface area (TPSA) is 84.3 Å². The minimum atomic E-state index is -3.76. The molecule has 1 aliphatic rings. The Morgan fingerprint density at radius 3 is 2.37 bits per heavy atom. The molecule has 234 valence electrons. The van der Waals surface area contributed by atoms with Gasteiger partial charge in [0, 0.05) is 50.5 Å². The number of benzene rings is 2. The summed E-state index contributed by atoms with van der Waals surface area (Å²) in [5.41, 5.74) is 5.75. The molecule has 0 saturated carbocycles. The lowest BCUT2D eigenvalue weighted by atomic mass is 9.89. The number of carbonyl (C=O) groups excluding carboxylic acids is 1. The quantitative estimate of drug-likeness (QED) is 0.281. The lowest BCUT2D eigenvalue weighted by molar-refractivity contribution is -0.140. The fourth-order valence-electron chi connectivity index (χ4n) is 6.10. The van der Waals surface area contributed by atoms with Gasteiger partial charge in [-0.3, -0.25) is 4.79 Å². The molecule has 2 atom stereocenters. The fraction of sp³-hybridized carbons (Fsp3) is 0.485. The van der Waals surface area contributed by atoms with Crippen LogP contribution in [0.1, 0.15) is 52.5 Å². The molecule has 2 aromatic carbocycles. The van der Waals surface area contributed by atoms with Gasteiger partial charge in [0.05, 0.1) is 24.7 Å². The molecule has 1 aromatic heterocycles. The van der Waals surface area contributed by atoms with Crippen LogP contribution in [0.25, 0.3) is 0 Å². The van der Waals surface area contributed by atoms with E-state index in [0.29, 0.717) is 17.9 Å². The Bertz CT molecular complexity index is 1530. The molecule has 10 heteroatoms. The van der Waals surface area contributed by atoms with E-state index in [-0.39, 0.29) is 42.5 Å². The maximum absolute atomic E-state index is 13.6. The van der Waals surface area contributed by atoms with Crippen molar-refractivity contribution in [2.75, 3.05) is 54.6 Å². The zero-order chi connectivity index (χ0) is 31.5. The number of rotatable bonds is 12. The molecule has 0 aliphatic carbocycles. The van der Waals surface area contributed by atoms with Crippen LogP contribution in [0.4, 0.5) is 0 Å². The van der Waals surface area contributed by atoms with Gasteiger partial charge in [0.2, 0.25) is 15.9 Å². The standard InChI is InChI=1S/C33H46N4O5S/c1-23-20-30(24(2)25(3)33(23)41-8)43(39,40)35(7)18-19-42-22-31(38)37-17-16-36-28(21-34(5)6)14-15-29(36)32(37)26(4)27-12-10-9-11-13-27/h9-15,20,26,32H,16-19,21-22H2,1-8H3. The van der Waals surface area contributed by atoms with Crippen molar-refractivity contribution >= 4 is 15.9 Å². The smallest absolute Gasteiger partial charge is 0.249 e. The Kier molecular flexibility index (Phi) is 10.4. The molecule has 2 unspecified atom stereocenters. The van der Waals surface area contributed by atoms with Crippen LogP contribution in [0.2, 0.25) is 0 Å². The summed E-state index contributed by atoms with van der Waals surface area (Å²) in [6, 6.07) is 16.1. The maximum atomic E-state index is 13.6. The van der Waals surface area contributed by atoms with E-state index in [2.05, 4.69) is 54.8 Å². The van der Waals surface area contributed by atoms with Crippen molar-refractivity contribution in [1.82, 2.24) is 18.7 Å². The van der Waals surface area contributed by atoms with Gasteiger partial charge >= 0.3 is 0 Å². The van der Waals surface area contributed by atoms with Crippen LogP contribution < -0.4 is 4.74 Å². The Hall–Kier alpha value is -3.18. The molecule has 9 nitrogen and oxygen atoms in total. The summed E-state index contributed by atoms with van der Waals surface area (Å²) < 4.78 is 41.7. The number of ether oxygens (including phenoxy) is 2. The molecule has 1 amide bonds. The van der Waals surface area contributed by atoms with Gasteiger partial charge in [-0.1, -0.05) is 37.3 Å². The van der Waals surface area contributed by atoms with Crippen molar-refractivity contribution in [1.29, 1.82) is 0 Å². The van der Waals surface area contributed by atoms with E-state index in [1.54, 1.807) is 20.1 Å². The first kappa shape index (κ1) is 32.7. The number of methoxy groups -OCH3 is 1. The number of amides is 1. The second-order valence-corrected chi connectivity index (χ2v) is 13.7. The van der Waals surface area contributed by atoms with Crippen LogP contribution in [0.5, 0.6) is 5.75 Å². The molecule has 43 heavy (non-hydrogen) atoms. The highest BCUT2D eigenvalue weighted by molar-refractivity contribution is 7.89. The molecule has 4 rings (SSSR count). The largest absolute Gasteiger partial charge is 0.496 e. The van der Waals surface area contributed by atoms with Crippen molar-refractivity contribution in [2.24, 2.45) is 0 Å². The number of fused-ring (bicyclic) bond motifs is 1. The summed E-state index contributed by atoms with van der Waals surface area (Å²) >= 11 is 0.